The van der Waals surface area contributed by atoms with Crippen molar-refractivity contribution >= 4 is 5.91 Å². The van der Waals surface area contributed by atoms with Gasteiger partial charge in [-0.25, -0.2) is 0 Å². The molecule has 5 heteroatoms. The Morgan fingerprint density at radius 2 is 1.73 bits per heavy atom. The van der Waals surface area contributed by atoms with Gasteiger partial charge in [0.25, 0.3) is 0 Å². The molecule has 144 valence electrons. The molecule has 5 nitrogen and oxygen atoms in total. The van der Waals surface area contributed by atoms with Gasteiger partial charge in [0.05, 0.1) is 12.6 Å². The van der Waals surface area contributed by atoms with E-state index in [0.717, 1.165) is 44.9 Å². The van der Waals surface area contributed by atoms with Crippen molar-refractivity contribution in [2.45, 2.75) is 44.8 Å². The van der Waals surface area contributed by atoms with Gasteiger partial charge in [-0.05, 0) is 51.3 Å². The van der Waals surface area contributed by atoms with Gasteiger partial charge in [-0.1, -0.05) is 18.2 Å². The first-order chi connectivity index (χ1) is 12.6. The zero-order valence-corrected chi connectivity index (χ0v) is 16.3. The number of para-hydroxylation sites is 1. The fraction of sp³-hybridized carbons (Fsp3) is 0.667. The summed E-state index contributed by atoms with van der Waals surface area (Å²) in [5.74, 6) is 1.25. The topological polar surface area (TPSA) is 36.0 Å². The Labute approximate surface area is 157 Å². The fourth-order valence-corrected chi connectivity index (χ4v) is 3.85. The fourth-order valence-electron chi connectivity index (χ4n) is 3.85. The number of benzene rings is 1. The highest BCUT2D eigenvalue weighted by atomic mass is 16.5. The molecule has 0 aromatic heterocycles. The number of carbonyl (C=O) groups is 1. The van der Waals surface area contributed by atoms with Crippen molar-refractivity contribution in [3.05, 3.63) is 29.8 Å². The van der Waals surface area contributed by atoms with Crippen LogP contribution in [0.5, 0.6) is 5.75 Å². The molecular formula is C21H33N3O2. The number of hydrogen-bond donors (Lipinski definition) is 0. The number of carbonyl (C=O) groups excluding carboxylic acids is 1. The molecule has 1 amide bonds. The van der Waals surface area contributed by atoms with Gasteiger partial charge in [0, 0.05) is 39.3 Å². The summed E-state index contributed by atoms with van der Waals surface area (Å²) in [6.45, 7) is 5.48. The van der Waals surface area contributed by atoms with Crippen LogP contribution in [0.15, 0.2) is 24.3 Å². The van der Waals surface area contributed by atoms with E-state index in [1.165, 1.54) is 31.2 Å². The van der Waals surface area contributed by atoms with Gasteiger partial charge in [0.1, 0.15) is 5.75 Å². The predicted octanol–water partition coefficient (Wildman–Crippen LogP) is 2.60. The van der Waals surface area contributed by atoms with Crippen molar-refractivity contribution in [2.75, 3.05) is 46.8 Å². The minimum absolute atomic E-state index is 0.189. The van der Waals surface area contributed by atoms with Crippen LogP contribution < -0.4 is 4.74 Å². The van der Waals surface area contributed by atoms with Gasteiger partial charge in [0.2, 0.25) is 5.91 Å². The lowest BCUT2D eigenvalue weighted by Crippen LogP contribution is -2.38. The molecule has 3 rings (SSSR count). The lowest BCUT2D eigenvalue weighted by molar-refractivity contribution is -0.129. The second-order valence-electron chi connectivity index (χ2n) is 7.83. The molecule has 1 aliphatic carbocycles. The summed E-state index contributed by atoms with van der Waals surface area (Å²) >= 11 is 0. The molecule has 1 aliphatic heterocycles. The summed E-state index contributed by atoms with van der Waals surface area (Å²) in [6, 6.07) is 8.50. The molecular weight excluding hydrogens is 326 g/mol. The highest BCUT2D eigenvalue weighted by Gasteiger charge is 2.21. The Morgan fingerprint density at radius 3 is 2.50 bits per heavy atom. The molecule has 1 saturated carbocycles. The molecule has 0 bridgehead atoms. The van der Waals surface area contributed by atoms with Crippen molar-refractivity contribution in [1.29, 1.82) is 0 Å². The second-order valence-corrected chi connectivity index (χ2v) is 7.83. The predicted molar refractivity (Wildman–Crippen MR) is 104 cm³/mol. The molecule has 0 N–H and O–H groups in total. The lowest BCUT2D eigenvalue weighted by Gasteiger charge is -2.24. The summed E-state index contributed by atoms with van der Waals surface area (Å²) in [4.78, 5) is 18.4. The third-order valence-electron chi connectivity index (χ3n) is 5.50. The Bertz CT molecular complexity index is 584. The smallest absolute Gasteiger partial charge is 0.236 e. The first-order valence-corrected chi connectivity index (χ1v) is 10.0. The number of likely N-dealkylation sites (N-methyl/N-ethyl adjacent to an activating group) is 1. The summed E-state index contributed by atoms with van der Waals surface area (Å²) in [5, 5.41) is 0. The standard InChI is InChI=1S/C21H33N3O2/c1-22(2)21(25)17-24-13-7-12-23(14-15-24)16-18-8-3-6-11-20(18)26-19-9-4-5-10-19/h3,6,8,11,19H,4-5,7,9-10,12-17H2,1-2H3. The highest BCUT2D eigenvalue weighted by Crippen LogP contribution is 2.27. The molecule has 0 atom stereocenters. The maximum absolute atomic E-state index is 12.0. The third-order valence-corrected chi connectivity index (χ3v) is 5.50. The van der Waals surface area contributed by atoms with Gasteiger partial charge in [-0.3, -0.25) is 14.6 Å². The SMILES string of the molecule is CN(C)C(=O)CN1CCCN(Cc2ccccc2OC2CCCC2)CC1. The minimum Gasteiger partial charge on any atom is -0.490 e. The number of nitrogens with zero attached hydrogens (tertiary/aromatic N) is 3. The minimum atomic E-state index is 0.189. The van der Waals surface area contributed by atoms with Gasteiger partial charge < -0.3 is 9.64 Å². The van der Waals surface area contributed by atoms with Gasteiger partial charge in [-0.2, -0.15) is 0 Å². The molecule has 1 aromatic rings. The Hall–Kier alpha value is -1.59. The normalized spacial score (nSPS) is 20.1. The van der Waals surface area contributed by atoms with Crippen LogP contribution in [-0.4, -0.2) is 73.5 Å². The first kappa shape index (κ1) is 19.2. The van der Waals surface area contributed by atoms with E-state index in [9.17, 15) is 4.79 Å². The van der Waals surface area contributed by atoms with Crippen LogP contribution in [-0.2, 0) is 11.3 Å². The van der Waals surface area contributed by atoms with Gasteiger partial charge in [0.15, 0.2) is 0 Å². The van der Waals surface area contributed by atoms with E-state index in [1.807, 2.05) is 14.1 Å². The van der Waals surface area contributed by atoms with Gasteiger partial charge in [-0.15, -0.1) is 0 Å². The van der Waals surface area contributed by atoms with E-state index in [0.29, 0.717) is 12.6 Å². The van der Waals surface area contributed by atoms with E-state index < -0.39 is 0 Å². The molecule has 2 aliphatic rings. The zero-order chi connectivity index (χ0) is 18.4. The van der Waals surface area contributed by atoms with E-state index in [2.05, 4.69) is 34.1 Å². The van der Waals surface area contributed by atoms with E-state index in [-0.39, 0.29) is 5.91 Å². The van der Waals surface area contributed by atoms with Crippen LogP contribution in [0.4, 0.5) is 0 Å². The van der Waals surface area contributed by atoms with Crippen LogP contribution in [0.25, 0.3) is 0 Å². The molecule has 0 radical (unpaired) electrons. The Balaban J connectivity index is 1.55. The van der Waals surface area contributed by atoms with E-state index in [1.54, 1.807) is 4.90 Å². The van der Waals surface area contributed by atoms with Crippen LogP contribution in [0.2, 0.25) is 0 Å². The van der Waals surface area contributed by atoms with Crippen LogP contribution in [0.1, 0.15) is 37.7 Å². The molecule has 1 aromatic carbocycles. The monoisotopic (exact) mass is 359 g/mol. The van der Waals surface area contributed by atoms with E-state index in [4.69, 9.17) is 4.74 Å². The molecule has 1 saturated heterocycles. The summed E-state index contributed by atoms with van der Waals surface area (Å²) in [6.07, 6.45) is 6.46. The average molecular weight is 360 g/mol. The third kappa shape index (κ3) is 5.45. The highest BCUT2D eigenvalue weighted by molar-refractivity contribution is 5.77. The van der Waals surface area contributed by atoms with Crippen molar-refractivity contribution in [3.8, 4) is 5.75 Å². The van der Waals surface area contributed by atoms with Crippen LogP contribution in [0, 0.1) is 0 Å². The summed E-state index contributed by atoms with van der Waals surface area (Å²) in [7, 11) is 3.65. The van der Waals surface area contributed by atoms with Gasteiger partial charge >= 0.3 is 0 Å². The zero-order valence-electron chi connectivity index (χ0n) is 16.3. The largest absolute Gasteiger partial charge is 0.490 e. The van der Waals surface area contributed by atoms with Crippen molar-refractivity contribution in [1.82, 2.24) is 14.7 Å². The van der Waals surface area contributed by atoms with Crippen molar-refractivity contribution in [2.24, 2.45) is 0 Å². The lowest BCUT2D eigenvalue weighted by atomic mass is 10.1. The quantitative estimate of drug-likeness (QED) is 0.782. The molecule has 1 heterocycles. The van der Waals surface area contributed by atoms with E-state index >= 15 is 0 Å². The molecule has 2 fully saturated rings. The van der Waals surface area contributed by atoms with Crippen molar-refractivity contribution in [3.63, 3.8) is 0 Å². The maximum Gasteiger partial charge on any atom is 0.236 e. The molecule has 26 heavy (non-hydrogen) atoms. The Kier molecular flexibility index (Phi) is 6.92. The molecule has 0 unspecified atom stereocenters. The van der Waals surface area contributed by atoms with Crippen LogP contribution >= 0.6 is 0 Å². The average Bonchev–Trinajstić information content (AvgIpc) is 3.04. The molecule has 0 spiro atoms. The van der Waals surface area contributed by atoms with Crippen LogP contribution in [0.3, 0.4) is 0 Å². The number of hydrogen-bond acceptors (Lipinski definition) is 4. The number of ether oxygens (including phenoxy) is 1. The second kappa shape index (κ2) is 9.38. The summed E-state index contributed by atoms with van der Waals surface area (Å²) in [5.41, 5.74) is 1.29. The maximum atomic E-state index is 12.0. The first-order valence-electron chi connectivity index (χ1n) is 10.0. The number of amides is 1. The van der Waals surface area contributed by atoms with Crippen molar-refractivity contribution < 1.29 is 9.53 Å². The summed E-state index contributed by atoms with van der Waals surface area (Å²) < 4.78 is 6.29. The Morgan fingerprint density at radius 1 is 1.04 bits per heavy atom. The number of rotatable bonds is 6.